The second-order valence-corrected chi connectivity index (χ2v) is 42.8. The van der Waals surface area contributed by atoms with Gasteiger partial charge in [-0.1, -0.05) is 324 Å². The van der Waals surface area contributed by atoms with Crippen LogP contribution in [0.2, 0.25) is 0 Å². The zero-order chi connectivity index (χ0) is 90.2. The monoisotopic (exact) mass is 1840 g/mol. The van der Waals surface area contributed by atoms with Gasteiger partial charge in [-0.2, -0.15) is 0 Å². The average Bonchev–Trinajstić information content (AvgIpc) is 0.916. The molecule has 640 valence electrons. The predicted molar refractivity (Wildman–Crippen MR) is 598 cm³/mol. The lowest BCUT2D eigenvalue weighted by atomic mass is 9.79. The molecule has 28 rings (SSSR count). The molecule has 8 heteroatoms. The molecule has 20 aromatic carbocycles. The third-order valence-electron chi connectivity index (χ3n) is 27.3. The van der Waals surface area contributed by atoms with Gasteiger partial charge in [0.2, 0.25) is 0 Å². The Bertz CT molecular complexity index is 8680. The largest absolute Gasteiger partial charge is 0.265 e. The Labute approximate surface area is 810 Å². The highest BCUT2D eigenvalue weighted by Gasteiger charge is 2.32. The number of benzene rings is 20. The predicted octanol–water partition coefficient (Wildman–Crippen LogP) is 39.5. The van der Waals surface area contributed by atoms with Crippen LogP contribution in [-0.2, 0) is 5.41 Å². The van der Waals surface area contributed by atoms with Crippen LogP contribution < -0.4 is 0 Å². The van der Waals surface area contributed by atoms with Crippen molar-refractivity contribution in [2.45, 2.75) is 26.2 Å². The highest BCUT2D eigenvalue weighted by molar-refractivity contribution is 7.24. The normalized spacial score (nSPS) is 11.9. The first kappa shape index (κ1) is 81.6. The van der Waals surface area contributed by atoms with Gasteiger partial charge in [-0.15, -0.1) is 68.0 Å². The van der Waals surface area contributed by atoms with Gasteiger partial charge in [-0.3, -0.25) is 9.97 Å². The molecular formula is C128H82N2S6. The summed E-state index contributed by atoms with van der Waals surface area (Å²) < 4.78 is 7.87. The molecule has 0 saturated carbocycles. The van der Waals surface area contributed by atoms with Crippen LogP contribution in [0.15, 0.2) is 443 Å². The molecule has 0 bridgehead atoms. The van der Waals surface area contributed by atoms with Gasteiger partial charge in [-0.25, -0.2) is 0 Å². The van der Waals surface area contributed by atoms with Crippen LogP contribution in [0.1, 0.15) is 26.3 Å². The molecular weight excluding hydrogens is 1760 g/mol. The molecule has 0 aliphatic carbocycles. The van der Waals surface area contributed by atoms with E-state index in [1.165, 1.54) is 259 Å². The summed E-state index contributed by atoms with van der Waals surface area (Å²) >= 11 is 11.4. The number of nitrogens with zero attached hydrogens (tertiary/aromatic N) is 2. The van der Waals surface area contributed by atoms with Crippen LogP contribution in [0.25, 0.3) is 265 Å². The topological polar surface area (TPSA) is 25.8 Å². The van der Waals surface area contributed by atoms with Gasteiger partial charge in [0.15, 0.2) is 0 Å². The molecule has 0 spiro atoms. The van der Waals surface area contributed by atoms with Crippen LogP contribution >= 0.6 is 68.0 Å². The van der Waals surface area contributed by atoms with Crippen molar-refractivity contribution in [1.82, 2.24) is 9.97 Å². The van der Waals surface area contributed by atoms with Crippen molar-refractivity contribution in [1.29, 1.82) is 0 Å². The fourth-order valence-electron chi connectivity index (χ4n) is 21.3. The molecule has 0 unspecified atom stereocenters. The number of pyridine rings is 2. The van der Waals surface area contributed by atoms with E-state index in [4.69, 9.17) is 0 Å². The first-order valence-corrected chi connectivity index (χ1v) is 51.1. The van der Waals surface area contributed by atoms with Crippen LogP contribution in [0.3, 0.4) is 0 Å². The van der Waals surface area contributed by atoms with Crippen molar-refractivity contribution >= 4 is 225 Å². The first-order valence-electron chi connectivity index (χ1n) is 46.2. The van der Waals surface area contributed by atoms with Gasteiger partial charge in [0.05, 0.1) is 0 Å². The van der Waals surface area contributed by atoms with E-state index in [1.54, 1.807) is 0 Å². The molecule has 0 radical (unpaired) electrons. The minimum absolute atomic E-state index is 0.0573. The number of hydrogen-bond donors (Lipinski definition) is 0. The van der Waals surface area contributed by atoms with E-state index in [9.17, 15) is 0 Å². The summed E-state index contributed by atoms with van der Waals surface area (Å²) in [7, 11) is 0. The molecule has 0 N–H and O–H groups in total. The Morgan fingerprint density at radius 1 is 0.162 bits per heavy atom. The zero-order valence-electron chi connectivity index (χ0n) is 74.5. The summed E-state index contributed by atoms with van der Waals surface area (Å²) in [5, 5.41) is 30.9. The van der Waals surface area contributed by atoms with Crippen molar-refractivity contribution in [2.24, 2.45) is 0 Å². The smallest absolute Gasteiger partial charge is 0.0368 e. The highest BCUT2D eigenvalue weighted by atomic mass is 32.1. The van der Waals surface area contributed by atoms with Crippen molar-refractivity contribution in [2.75, 3.05) is 0 Å². The SMILES string of the molecule is CC(C)(C)c1ccc2c(-c3cc4ccccc4s3)c3cc4ccccc4cc3c(-c3cc4ccccc4s3)c2c1.c1ccc(-c2c3ccccc3c(-c3ccccc3)c3c(-c4cc5ccccc5s4)c4ccccc4c(-c4cc5ccccc5s4)c23)cc1.c1ccc2sc(-c3c4ccccc4c(-c4cc5ccccc5s4)c4c(-c5ccncc5)c5ccccc5c(-c5ccncc5)c34)cc2c1. The first-order chi connectivity index (χ1) is 67.1. The molecule has 8 heterocycles. The standard InChI is InChI=1S/C46H28S2.C44H26N2S2.C38H28S2/c1-3-15-29(16-4-1)41-33-21-9-10-22-34(33)42(30-17-5-2-6-18-30)46-44(40-28-32-20-8-14-26-38(32)48-40)36-24-12-11-23-35(36)43(45(41)46)39-27-31-19-7-13-25-37(31)47-39;1-7-15-35-29(9-1)25-37(47-35)41-33-13-5-6-14-34(33)42(38-26-30-10-2-8-16-36(30)48-38)44-40(28-19-23-46-24-20-28)32-12-4-3-11-31(32)39(43(41)44)27-17-21-45-22-18-27;1-38(2,3)27-16-17-28-31(22-27)37(35-21-26-13-7-9-15-33(26)40-35)30-19-24-11-5-4-10-23(24)18-29(30)36(28)34-20-25-12-6-8-14-32(25)39-34/h1-28H;1-26H;4-22H,1-3H3. The maximum absolute atomic E-state index is 4.44. The lowest BCUT2D eigenvalue weighted by molar-refractivity contribution is 0.591. The van der Waals surface area contributed by atoms with E-state index >= 15 is 0 Å². The molecule has 0 saturated heterocycles. The number of thiophene rings is 6. The fraction of sp³-hybridized carbons (Fsp3) is 0.0312. The number of aromatic nitrogens is 2. The van der Waals surface area contributed by atoms with Crippen molar-refractivity contribution in [3.05, 3.63) is 449 Å². The lowest BCUT2D eigenvalue weighted by Gasteiger charge is -2.24. The maximum atomic E-state index is 4.44. The quantitative estimate of drug-likeness (QED) is 0.128. The molecule has 0 aliphatic rings. The minimum Gasteiger partial charge on any atom is -0.265 e. The Kier molecular flexibility index (Phi) is 20.1. The Morgan fingerprint density at radius 2 is 0.368 bits per heavy atom. The van der Waals surface area contributed by atoms with Gasteiger partial charge in [0.25, 0.3) is 0 Å². The van der Waals surface area contributed by atoms with Crippen molar-refractivity contribution in [3.8, 4) is 107 Å². The third-order valence-corrected chi connectivity index (χ3v) is 34.1. The molecule has 8 aromatic heterocycles. The zero-order valence-corrected chi connectivity index (χ0v) is 79.4. The summed E-state index contributed by atoms with van der Waals surface area (Å²) in [5.74, 6) is 0. The van der Waals surface area contributed by atoms with Gasteiger partial charge in [0.1, 0.15) is 0 Å². The van der Waals surface area contributed by atoms with Gasteiger partial charge < -0.3 is 0 Å². The summed E-state index contributed by atoms with van der Waals surface area (Å²) in [6.45, 7) is 6.94. The van der Waals surface area contributed by atoms with Crippen molar-refractivity contribution in [3.63, 3.8) is 0 Å². The summed E-state index contributed by atoms with van der Waals surface area (Å²) in [5.41, 5.74) is 19.2. The molecule has 136 heavy (non-hydrogen) atoms. The van der Waals surface area contributed by atoms with Crippen molar-refractivity contribution < 1.29 is 0 Å². The van der Waals surface area contributed by atoms with Gasteiger partial charge in [0, 0.05) is 137 Å². The molecule has 0 fully saturated rings. The number of hydrogen-bond acceptors (Lipinski definition) is 8. The average molecular weight is 1840 g/mol. The van der Waals surface area contributed by atoms with Crippen LogP contribution in [0.5, 0.6) is 0 Å². The Morgan fingerprint density at radius 3 is 0.632 bits per heavy atom. The van der Waals surface area contributed by atoms with Crippen LogP contribution in [0, 0.1) is 0 Å². The van der Waals surface area contributed by atoms with E-state index in [0.29, 0.717) is 0 Å². The fourth-order valence-corrected chi connectivity index (χ4v) is 28.1. The number of fused-ring (bicyclic) bond motifs is 15. The summed E-state index contributed by atoms with van der Waals surface area (Å²) in [6, 6.07) is 155. The van der Waals surface area contributed by atoms with E-state index in [-0.39, 0.29) is 5.41 Å². The maximum Gasteiger partial charge on any atom is 0.0368 e. The summed E-state index contributed by atoms with van der Waals surface area (Å²) in [6.07, 6.45) is 7.67. The van der Waals surface area contributed by atoms with E-state index < -0.39 is 0 Å². The van der Waals surface area contributed by atoms with E-state index in [2.05, 4.69) is 449 Å². The van der Waals surface area contributed by atoms with Crippen LogP contribution in [0.4, 0.5) is 0 Å². The lowest BCUT2D eigenvalue weighted by Crippen LogP contribution is -2.10. The van der Waals surface area contributed by atoms with E-state index in [1.807, 2.05) is 92.8 Å². The second kappa shape index (κ2) is 33.5. The summed E-state index contributed by atoms with van der Waals surface area (Å²) in [4.78, 5) is 16.7. The Hall–Kier alpha value is -15.2. The minimum atomic E-state index is 0.0573. The highest BCUT2D eigenvalue weighted by Crippen LogP contribution is 2.60. The van der Waals surface area contributed by atoms with Crippen LogP contribution in [-0.4, -0.2) is 9.97 Å². The molecule has 28 aromatic rings. The second-order valence-electron chi connectivity index (χ2n) is 36.3. The molecule has 2 nitrogen and oxygen atoms in total. The molecule has 0 aliphatic heterocycles. The van der Waals surface area contributed by atoms with Gasteiger partial charge >= 0.3 is 0 Å². The third kappa shape index (κ3) is 13.9. The van der Waals surface area contributed by atoms with Gasteiger partial charge in [-0.05, 0) is 278 Å². The number of rotatable bonds is 10. The molecule has 0 atom stereocenters. The Balaban J connectivity index is 0.000000106. The molecule has 0 amide bonds. The van der Waals surface area contributed by atoms with E-state index in [0.717, 1.165) is 11.1 Å².